The lowest BCUT2D eigenvalue weighted by molar-refractivity contribution is -0.116. The fourth-order valence-electron chi connectivity index (χ4n) is 4.24. The van der Waals surface area contributed by atoms with Gasteiger partial charge in [-0.1, -0.05) is 6.07 Å². The number of methoxy groups -OCH3 is 1. The Kier molecular flexibility index (Phi) is 7.64. The molecule has 1 aromatic carbocycles. The number of amides is 1. The van der Waals surface area contributed by atoms with E-state index in [4.69, 9.17) is 19.6 Å². The smallest absolute Gasteiger partial charge is 0.244 e. The van der Waals surface area contributed by atoms with Crippen LogP contribution in [0.15, 0.2) is 65.4 Å². The first-order chi connectivity index (χ1) is 18.5. The normalized spacial score (nSPS) is 15.1. The van der Waals surface area contributed by atoms with E-state index >= 15 is 0 Å². The second kappa shape index (κ2) is 11.4. The molecule has 1 fully saturated rings. The minimum Gasteiger partial charge on any atom is -0.493 e. The Hall–Kier alpha value is -4.25. The van der Waals surface area contributed by atoms with Gasteiger partial charge in [-0.2, -0.15) is 0 Å². The van der Waals surface area contributed by atoms with Crippen LogP contribution in [-0.4, -0.2) is 59.3 Å². The number of hydrogen-bond donors (Lipinski definition) is 3. The first-order valence-electron chi connectivity index (χ1n) is 12.2. The van der Waals surface area contributed by atoms with E-state index < -0.39 is 6.23 Å². The number of carbonyl (C=O) groups is 1. The maximum Gasteiger partial charge on any atom is 0.244 e. The van der Waals surface area contributed by atoms with E-state index in [9.17, 15) is 9.90 Å². The SMILES string of the molecule is COc1cc(-c2ccc(C(O)N3CCOCC3)cn2)cc2cc(CNC(=O)/C=C/c3ccc(N)nc3)oc12. The van der Waals surface area contributed by atoms with Crippen molar-refractivity contribution in [3.8, 4) is 17.0 Å². The number of aromatic nitrogens is 2. The number of furan rings is 1. The molecule has 196 valence electrons. The number of benzene rings is 1. The van der Waals surface area contributed by atoms with Gasteiger partial charge in [0.25, 0.3) is 0 Å². The van der Waals surface area contributed by atoms with Crippen molar-refractivity contribution in [3.63, 3.8) is 0 Å². The number of ether oxygens (including phenoxy) is 2. The Morgan fingerprint density at radius 3 is 2.74 bits per heavy atom. The standard InChI is InChI=1S/C28H29N5O5/c1-36-24-14-20(23-5-4-19(16-30-23)28(35)33-8-10-37-11-9-33)12-21-13-22(38-27(21)24)17-32-26(34)7-3-18-2-6-25(29)31-15-18/h2-7,12-16,28,35H,8-11,17H2,1H3,(H2,29,31)(H,32,34)/b7-3+. The van der Waals surface area contributed by atoms with Crippen LogP contribution in [0.3, 0.4) is 0 Å². The molecule has 4 heterocycles. The van der Waals surface area contributed by atoms with Gasteiger partial charge < -0.3 is 30.0 Å². The summed E-state index contributed by atoms with van der Waals surface area (Å²) in [6, 6.07) is 12.9. The third kappa shape index (κ3) is 5.83. The van der Waals surface area contributed by atoms with Crippen molar-refractivity contribution in [3.05, 3.63) is 77.8 Å². The summed E-state index contributed by atoms with van der Waals surface area (Å²) in [6.45, 7) is 2.78. The van der Waals surface area contributed by atoms with Crippen LogP contribution in [0.4, 0.5) is 5.82 Å². The van der Waals surface area contributed by atoms with Crippen LogP contribution in [0.5, 0.6) is 5.75 Å². The van der Waals surface area contributed by atoms with Gasteiger partial charge in [-0.25, -0.2) is 4.98 Å². The average Bonchev–Trinajstić information content (AvgIpc) is 3.38. The molecule has 0 aliphatic carbocycles. The zero-order chi connectivity index (χ0) is 26.5. The highest BCUT2D eigenvalue weighted by molar-refractivity contribution is 5.92. The van der Waals surface area contributed by atoms with Crippen LogP contribution in [0.1, 0.15) is 23.1 Å². The maximum atomic E-state index is 12.3. The molecule has 0 spiro atoms. The van der Waals surface area contributed by atoms with Crippen LogP contribution >= 0.6 is 0 Å². The molecule has 10 heteroatoms. The zero-order valence-corrected chi connectivity index (χ0v) is 21.0. The number of nitrogens with zero attached hydrogens (tertiary/aromatic N) is 3. The molecular weight excluding hydrogens is 486 g/mol. The summed E-state index contributed by atoms with van der Waals surface area (Å²) in [5.74, 6) is 1.30. The summed E-state index contributed by atoms with van der Waals surface area (Å²) in [6.07, 6.45) is 5.66. The average molecular weight is 516 g/mol. The van der Waals surface area contributed by atoms with E-state index in [0.717, 1.165) is 27.8 Å². The molecule has 5 rings (SSSR count). The molecule has 3 aromatic heterocycles. The molecule has 0 saturated carbocycles. The number of pyridine rings is 2. The van der Waals surface area contributed by atoms with E-state index in [2.05, 4.69) is 15.3 Å². The number of nitrogens with two attached hydrogens (primary N) is 1. The first-order valence-corrected chi connectivity index (χ1v) is 12.2. The molecule has 4 aromatic rings. The molecule has 1 atom stereocenters. The molecule has 1 aliphatic heterocycles. The van der Waals surface area contributed by atoms with Crippen LogP contribution in [-0.2, 0) is 16.1 Å². The maximum absolute atomic E-state index is 12.3. The number of rotatable bonds is 8. The lowest BCUT2D eigenvalue weighted by atomic mass is 10.1. The minimum absolute atomic E-state index is 0.211. The summed E-state index contributed by atoms with van der Waals surface area (Å²) in [5.41, 5.74) is 9.25. The number of nitrogens with one attached hydrogen (secondary N) is 1. The van der Waals surface area contributed by atoms with Gasteiger partial charge in [-0.15, -0.1) is 0 Å². The van der Waals surface area contributed by atoms with E-state index in [-0.39, 0.29) is 12.5 Å². The second-order valence-corrected chi connectivity index (χ2v) is 8.88. The highest BCUT2D eigenvalue weighted by Gasteiger charge is 2.21. The molecule has 4 N–H and O–H groups in total. The quantitative estimate of drug-likeness (QED) is 0.302. The van der Waals surface area contributed by atoms with Gasteiger partial charge in [-0.05, 0) is 48.0 Å². The lowest BCUT2D eigenvalue weighted by Gasteiger charge is -2.31. The fraction of sp³-hybridized carbons (Fsp3) is 0.250. The molecule has 38 heavy (non-hydrogen) atoms. The van der Waals surface area contributed by atoms with Gasteiger partial charge in [0.15, 0.2) is 11.3 Å². The molecule has 0 radical (unpaired) electrons. The summed E-state index contributed by atoms with van der Waals surface area (Å²) < 4.78 is 16.9. The van der Waals surface area contributed by atoms with E-state index in [0.29, 0.717) is 49.2 Å². The molecule has 1 saturated heterocycles. The predicted octanol–water partition coefficient (Wildman–Crippen LogP) is 3.13. The van der Waals surface area contributed by atoms with Crippen molar-refractivity contribution < 1.29 is 23.8 Å². The third-order valence-corrected chi connectivity index (χ3v) is 6.30. The summed E-state index contributed by atoms with van der Waals surface area (Å²) in [4.78, 5) is 22.8. The predicted molar refractivity (Wildman–Crippen MR) is 143 cm³/mol. The largest absolute Gasteiger partial charge is 0.493 e. The number of carbonyl (C=O) groups excluding carboxylic acids is 1. The zero-order valence-electron chi connectivity index (χ0n) is 21.0. The number of morpholine rings is 1. The van der Waals surface area contributed by atoms with Gasteiger partial charge in [0.05, 0.1) is 32.6 Å². The van der Waals surface area contributed by atoms with Crippen molar-refractivity contribution in [1.29, 1.82) is 0 Å². The Labute approximate surface area is 219 Å². The third-order valence-electron chi connectivity index (χ3n) is 6.30. The van der Waals surface area contributed by atoms with Crippen LogP contribution < -0.4 is 15.8 Å². The van der Waals surface area contributed by atoms with Gasteiger partial charge in [0, 0.05) is 48.1 Å². The monoisotopic (exact) mass is 515 g/mol. The Balaban J connectivity index is 1.28. The van der Waals surface area contributed by atoms with Crippen LogP contribution in [0.2, 0.25) is 0 Å². The molecule has 10 nitrogen and oxygen atoms in total. The highest BCUT2D eigenvalue weighted by atomic mass is 16.5. The van der Waals surface area contributed by atoms with Crippen molar-refractivity contribution in [2.45, 2.75) is 12.8 Å². The van der Waals surface area contributed by atoms with Crippen molar-refractivity contribution >= 4 is 28.8 Å². The fourth-order valence-corrected chi connectivity index (χ4v) is 4.24. The molecule has 1 aliphatic rings. The Bertz CT molecular complexity index is 1430. The molecular formula is C28H29N5O5. The molecule has 1 amide bonds. The number of nitrogen functional groups attached to an aromatic ring is 1. The molecule has 0 bridgehead atoms. The summed E-state index contributed by atoms with van der Waals surface area (Å²) in [7, 11) is 1.58. The van der Waals surface area contributed by atoms with E-state index in [1.807, 2.05) is 35.2 Å². The summed E-state index contributed by atoms with van der Waals surface area (Å²) >= 11 is 0. The van der Waals surface area contributed by atoms with Gasteiger partial charge in [0.2, 0.25) is 5.91 Å². The van der Waals surface area contributed by atoms with Crippen LogP contribution in [0.25, 0.3) is 28.3 Å². The Morgan fingerprint density at radius 1 is 1.18 bits per heavy atom. The van der Waals surface area contributed by atoms with Crippen molar-refractivity contribution in [2.24, 2.45) is 0 Å². The minimum atomic E-state index is -0.720. The van der Waals surface area contributed by atoms with Gasteiger partial charge >= 0.3 is 0 Å². The number of anilines is 1. The lowest BCUT2D eigenvalue weighted by Crippen LogP contribution is -2.39. The first kappa shape index (κ1) is 25.4. The number of hydrogen-bond acceptors (Lipinski definition) is 9. The van der Waals surface area contributed by atoms with Crippen molar-refractivity contribution in [1.82, 2.24) is 20.2 Å². The highest BCUT2D eigenvalue weighted by Crippen LogP contribution is 2.34. The molecule has 1 unspecified atom stereocenters. The number of aliphatic hydroxyl groups is 1. The van der Waals surface area contributed by atoms with Crippen LogP contribution in [0, 0.1) is 0 Å². The summed E-state index contributed by atoms with van der Waals surface area (Å²) in [5, 5.41) is 14.3. The van der Waals surface area contributed by atoms with Gasteiger partial charge in [-0.3, -0.25) is 14.7 Å². The Morgan fingerprint density at radius 2 is 2.03 bits per heavy atom. The second-order valence-electron chi connectivity index (χ2n) is 8.88. The number of fused-ring (bicyclic) bond motifs is 1. The van der Waals surface area contributed by atoms with E-state index in [1.165, 1.54) is 6.08 Å². The number of aliphatic hydroxyl groups excluding tert-OH is 1. The van der Waals surface area contributed by atoms with E-state index in [1.54, 1.807) is 37.7 Å². The topological polar surface area (TPSA) is 136 Å². The van der Waals surface area contributed by atoms with Gasteiger partial charge in [0.1, 0.15) is 17.8 Å². The van der Waals surface area contributed by atoms with Crippen molar-refractivity contribution in [2.75, 3.05) is 39.1 Å².